The van der Waals surface area contributed by atoms with Crippen molar-refractivity contribution in [1.29, 1.82) is 0 Å². The molecule has 1 heteroatoms. The van der Waals surface area contributed by atoms with Crippen LogP contribution in [0.5, 0.6) is 0 Å². The predicted molar refractivity (Wildman–Crippen MR) is 48.9 cm³/mol. The zero-order chi connectivity index (χ0) is 8.41. The second-order valence-electron chi connectivity index (χ2n) is 1.46. The molecule has 0 aromatic rings. The molecule has 10 heavy (non-hydrogen) atoms. The molecule has 58 valence electrons. The molecule has 0 spiro atoms. The summed E-state index contributed by atoms with van der Waals surface area (Å²) in [6.45, 7) is 11.7. The lowest BCUT2D eigenvalue weighted by Crippen LogP contribution is -1.98. The number of nitrogens with two attached hydrogens (primary N) is 1. The summed E-state index contributed by atoms with van der Waals surface area (Å²) in [7, 11) is 0. The van der Waals surface area contributed by atoms with E-state index in [0.29, 0.717) is 6.54 Å². The van der Waals surface area contributed by atoms with E-state index in [-0.39, 0.29) is 0 Å². The van der Waals surface area contributed by atoms with E-state index in [2.05, 4.69) is 13.2 Å². The van der Waals surface area contributed by atoms with E-state index in [1.807, 2.05) is 26.0 Å². The zero-order valence-corrected chi connectivity index (χ0v) is 6.93. The third kappa shape index (κ3) is 10.2. The quantitative estimate of drug-likeness (QED) is 0.596. The molecule has 0 fully saturated rings. The molecule has 0 atom stereocenters. The van der Waals surface area contributed by atoms with E-state index >= 15 is 0 Å². The molecule has 0 aliphatic rings. The van der Waals surface area contributed by atoms with Gasteiger partial charge in [0.1, 0.15) is 0 Å². The first-order valence-electron chi connectivity index (χ1n) is 3.48. The van der Waals surface area contributed by atoms with Crippen molar-refractivity contribution in [2.45, 2.75) is 13.8 Å². The first-order chi connectivity index (χ1) is 4.81. The van der Waals surface area contributed by atoms with E-state index < -0.39 is 0 Å². The predicted octanol–water partition coefficient (Wildman–Crippen LogP) is 2.27. The van der Waals surface area contributed by atoms with Crippen LogP contribution in [0.4, 0.5) is 0 Å². The summed E-state index contributed by atoms with van der Waals surface area (Å²) in [6.07, 6.45) is 5.35. The Balaban J connectivity index is 0. The summed E-state index contributed by atoms with van der Waals surface area (Å²) in [4.78, 5) is 0. The monoisotopic (exact) mass is 139 g/mol. The SMILES string of the molecule is C=C/C=C\C(=C)CN.CC. The van der Waals surface area contributed by atoms with Crippen LogP contribution in [-0.4, -0.2) is 6.54 Å². The zero-order valence-electron chi connectivity index (χ0n) is 6.93. The first kappa shape index (κ1) is 11.9. The normalized spacial score (nSPS) is 8.30. The Kier molecular flexibility index (Phi) is 13.2. The second kappa shape index (κ2) is 11.0. The summed E-state index contributed by atoms with van der Waals surface area (Å²) < 4.78 is 0. The molecule has 0 amide bonds. The van der Waals surface area contributed by atoms with Crippen LogP contribution < -0.4 is 5.73 Å². The Labute approximate surface area is 63.9 Å². The molecule has 1 nitrogen and oxygen atoms in total. The van der Waals surface area contributed by atoms with Crippen LogP contribution in [0.1, 0.15) is 13.8 Å². The molecule has 0 heterocycles. The lowest BCUT2D eigenvalue weighted by molar-refractivity contribution is 1.20. The first-order valence-corrected chi connectivity index (χ1v) is 3.48. The van der Waals surface area contributed by atoms with Gasteiger partial charge in [-0.15, -0.1) is 0 Å². The molecule has 2 N–H and O–H groups in total. The molecule has 0 unspecified atom stereocenters. The van der Waals surface area contributed by atoms with Crippen LogP contribution in [0.25, 0.3) is 0 Å². The number of rotatable bonds is 3. The van der Waals surface area contributed by atoms with Gasteiger partial charge in [-0.1, -0.05) is 45.2 Å². The maximum Gasteiger partial charge on any atom is 0.0172 e. The third-order valence-electron chi connectivity index (χ3n) is 0.730. The largest absolute Gasteiger partial charge is 0.327 e. The van der Waals surface area contributed by atoms with Crippen molar-refractivity contribution in [3.8, 4) is 0 Å². The average Bonchev–Trinajstić information content (AvgIpc) is 2.04. The molecule has 0 aliphatic heterocycles. The maximum absolute atomic E-state index is 5.23. The van der Waals surface area contributed by atoms with Crippen LogP contribution in [0.15, 0.2) is 37.0 Å². The van der Waals surface area contributed by atoms with Crippen molar-refractivity contribution in [3.05, 3.63) is 37.0 Å². The van der Waals surface area contributed by atoms with Gasteiger partial charge in [0.25, 0.3) is 0 Å². The van der Waals surface area contributed by atoms with Gasteiger partial charge < -0.3 is 5.73 Å². The highest BCUT2D eigenvalue weighted by Gasteiger charge is 1.75. The van der Waals surface area contributed by atoms with Gasteiger partial charge in [-0.3, -0.25) is 0 Å². The summed E-state index contributed by atoms with van der Waals surface area (Å²) in [5.41, 5.74) is 6.15. The molecular formula is C9H17N. The molecule has 0 saturated carbocycles. The lowest BCUT2D eigenvalue weighted by Gasteiger charge is -1.86. The molecule has 0 rings (SSSR count). The number of allylic oxidation sites excluding steroid dienone is 2. The van der Waals surface area contributed by atoms with E-state index in [4.69, 9.17) is 5.73 Å². The molecule has 0 aromatic carbocycles. The highest BCUT2D eigenvalue weighted by Crippen LogP contribution is 1.86. The average molecular weight is 139 g/mol. The number of hydrogen-bond donors (Lipinski definition) is 1. The van der Waals surface area contributed by atoms with Gasteiger partial charge in [-0.05, 0) is 5.57 Å². The van der Waals surface area contributed by atoms with Crippen LogP contribution in [-0.2, 0) is 0 Å². The van der Waals surface area contributed by atoms with E-state index in [0.717, 1.165) is 5.57 Å². The standard InChI is InChI=1S/C7H11N.C2H6/c1-3-4-5-7(2)6-8;1-2/h3-5H,1-2,6,8H2;1-2H3/b5-4-;. The topological polar surface area (TPSA) is 26.0 Å². The smallest absolute Gasteiger partial charge is 0.0172 e. The van der Waals surface area contributed by atoms with Gasteiger partial charge >= 0.3 is 0 Å². The highest BCUT2D eigenvalue weighted by atomic mass is 14.5. The minimum absolute atomic E-state index is 0.518. The maximum atomic E-state index is 5.23. The minimum Gasteiger partial charge on any atom is -0.327 e. The van der Waals surface area contributed by atoms with Gasteiger partial charge in [0.05, 0.1) is 0 Å². The Morgan fingerprint density at radius 2 is 2.00 bits per heavy atom. The van der Waals surface area contributed by atoms with Crippen molar-refractivity contribution in [1.82, 2.24) is 0 Å². The van der Waals surface area contributed by atoms with Crippen molar-refractivity contribution in [2.75, 3.05) is 6.54 Å². The Morgan fingerprint density at radius 1 is 1.50 bits per heavy atom. The van der Waals surface area contributed by atoms with Gasteiger partial charge in [0.2, 0.25) is 0 Å². The summed E-state index contributed by atoms with van der Waals surface area (Å²) >= 11 is 0. The van der Waals surface area contributed by atoms with Crippen molar-refractivity contribution >= 4 is 0 Å². The van der Waals surface area contributed by atoms with Gasteiger partial charge in [-0.2, -0.15) is 0 Å². The van der Waals surface area contributed by atoms with Crippen LogP contribution in [0.2, 0.25) is 0 Å². The molecule has 0 aromatic heterocycles. The minimum atomic E-state index is 0.518. The van der Waals surface area contributed by atoms with Crippen molar-refractivity contribution in [2.24, 2.45) is 5.73 Å². The fraction of sp³-hybridized carbons (Fsp3) is 0.333. The Hall–Kier alpha value is -0.820. The summed E-state index contributed by atoms with van der Waals surface area (Å²) in [5, 5.41) is 0. The Bertz CT molecular complexity index is 112. The van der Waals surface area contributed by atoms with Crippen molar-refractivity contribution < 1.29 is 0 Å². The fourth-order valence-corrected chi connectivity index (χ4v) is 0.272. The van der Waals surface area contributed by atoms with E-state index in [1.54, 1.807) is 6.08 Å². The van der Waals surface area contributed by atoms with Crippen LogP contribution >= 0.6 is 0 Å². The molecule has 0 bridgehead atoms. The van der Waals surface area contributed by atoms with Gasteiger partial charge in [0, 0.05) is 6.54 Å². The number of hydrogen-bond acceptors (Lipinski definition) is 1. The molecular weight excluding hydrogens is 122 g/mol. The third-order valence-corrected chi connectivity index (χ3v) is 0.730. The van der Waals surface area contributed by atoms with E-state index in [9.17, 15) is 0 Å². The van der Waals surface area contributed by atoms with E-state index in [1.165, 1.54) is 0 Å². The van der Waals surface area contributed by atoms with Gasteiger partial charge in [0.15, 0.2) is 0 Å². The summed E-state index contributed by atoms with van der Waals surface area (Å²) in [5.74, 6) is 0. The highest BCUT2D eigenvalue weighted by molar-refractivity contribution is 5.18. The summed E-state index contributed by atoms with van der Waals surface area (Å²) in [6, 6.07) is 0. The molecule has 0 saturated heterocycles. The molecule has 0 radical (unpaired) electrons. The van der Waals surface area contributed by atoms with Crippen LogP contribution in [0, 0.1) is 0 Å². The van der Waals surface area contributed by atoms with Crippen LogP contribution in [0.3, 0.4) is 0 Å². The van der Waals surface area contributed by atoms with Crippen molar-refractivity contribution in [3.63, 3.8) is 0 Å². The second-order valence-corrected chi connectivity index (χ2v) is 1.46. The lowest BCUT2D eigenvalue weighted by atomic mass is 10.3. The van der Waals surface area contributed by atoms with Gasteiger partial charge in [-0.25, -0.2) is 0 Å². The Morgan fingerprint density at radius 3 is 2.30 bits per heavy atom. The molecule has 0 aliphatic carbocycles. The fourth-order valence-electron chi connectivity index (χ4n) is 0.272.